The van der Waals surface area contributed by atoms with Gasteiger partial charge >= 0.3 is 18.1 Å². The maximum atomic E-state index is 12.1. The van der Waals surface area contributed by atoms with Crippen molar-refractivity contribution in [2.24, 2.45) is 5.73 Å². The number of nitrogens with zero attached hydrogens (tertiary/aromatic N) is 2. The van der Waals surface area contributed by atoms with Crippen LogP contribution in [0.5, 0.6) is 11.6 Å². The standard InChI is InChI=1S/C8H8F3N3O4/c1-17-5-2-6(14(15)16)13-7(4(5)3-12)18-8(9,10)11/h2H,3,12H2,1H3. The Labute approximate surface area is 98.5 Å². The average Bonchev–Trinajstić information content (AvgIpc) is 2.25. The van der Waals surface area contributed by atoms with E-state index in [-0.39, 0.29) is 17.9 Å². The van der Waals surface area contributed by atoms with Crippen molar-refractivity contribution in [3.63, 3.8) is 0 Å². The molecule has 0 aromatic carbocycles. The molecule has 7 nitrogen and oxygen atoms in total. The summed E-state index contributed by atoms with van der Waals surface area (Å²) in [4.78, 5) is 12.7. The number of methoxy groups -OCH3 is 1. The second kappa shape index (κ2) is 5.04. The van der Waals surface area contributed by atoms with Crippen molar-refractivity contribution in [2.45, 2.75) is 12.9 Å². The summed E-state index contributed by atoms with van der Waals surface area (Å²) in [5.41, 5.74) is 5.03. The van der Waals surface area contributed by atoms with Gasteiger partial charge in [0.25, 0.3) is 0 Å². The minimum Gasteiger partial charge on any atom is -0.496 e. The average molecular weight is 267 g/mol. The molecule has 10 heteroatoms. The van der Waals surface area contributed by atoms with Gasteiger partial charge in [0.1, 0.15) is 5.75 Å². The summed E-state index contributed by atoms with van der Waals surface area (Å²) < 4.78 is 44.6. The van der Waals surface area contributed by atoms with Crippen molar-refractivity contribution in [3.05, 3.63) is 21.7 Å². The maximum absolute atomic E-state index is 12.1. The molecule has 1 aromatic rings. The minimum absolute atomic E-state index is 0.196. The summed E-state index contributed by atoms with van der Waals surface area (Å²) in [6.07, 6.45) is -5.03. The molecule has 0 amide bonds. The summed E-state index contributed by atoms with van der Waals surface area (Å²) >= 11 is 0. The molecule has 0 spiro atoms. The smallest absolute Gasteiger partial charge is 0.496 e. The first-order valence-corrected chi connectivity index (χ1v) is 4.46. The first-order chi connectivity index (χ1) is 8.28. The van der Waals surface area contributed by atoms with E-state index in [2.05, 4.69) is 9.72 Å². The van der Waals surface area contributed by atoms with E-state index >= 15 is 0 Å². The first kappa shape index (κ1) is 14.0. The zero-order valence-electron chi connectivity index (χ0n) is 9.02. The van der Waals surface area contributed by atoms with E-state index in [4.69, 9.17) is 10.5 Å². The van der Waals surface area contributed by atoms with Crippen molar-refractivity contribution in [2.75, 3.05) is 7.11 Å². The molecule has 0 aliphatic carbocycles. The van der Waals surface area contributed by atoms with E-state index < -0.39 is 23.0 Å². The van der Waals surface area contributed by atoms with Crippen LogP contribution in [0.25, 0.3) is 0 Å². The number of nitrogens with two attached hydrogens (primary N) is 1. The van der Waals surface area contributed by atoms with Crippen molar-refractivity contribution in [1.29, 1.82) is 0 Å². The molecule has 0 radical (unpaired) electrons. The quantitative estimate of drug-likeness (QED) is 0.652. The molecule has 2 N–H and O–H groups in total. The number of ether oxygens (including phenoxy) is 2. The lowest BCUT2D eigenvalue weighted by atomic mass is 10.2. The van der Waals surface area contributed by atoms with E-state index in [1.54, 1.807) is 0 Å². The molecule has 0 unspecified atom stereocenters. The highest BCUT2D eigenvalue weighted by Crippen LogP contribution is 2.33. The van der Waals surface area contributed by atoms with Crippen LogP contribution < -0.4 is 15.2 Å². The van der Waals surface area contributed by atoms with Crippen molar-refractivity contribution < 1.29 is 27.6 Å². The summed E-state index contributed by atoms with van der Waals surface area (Å²) in [5, 5.41) is 10.5. The molecule has 1 aromatic heterocycles. The molecule has 100 valence electrons. The highest BCUT2D eigenvalue weighted by Gasteiger charge is 2.36. The van der Waals surface area contributed by atoms with Crippen LogP contribution in [0.2, 0.25) is 0 Å². The molecule has 0 saturated carbocycles. The van der Waals surface area contributed by atoms with Gasteiger partial charge in [-0.15, -0.1) is 13.2 Å². The largest absolute Gasteiger partial charge is 0.575 e. The number of rotatable bonds is 4. The molecule has 0 atom stereocenters. The lowest BCUT2D eigenvalue weighted by molar-refractivity contribution is -0.390. The Morgan fingerprint density at radius 1 is 1.56 bits per heavy atom. The summed E-state index contributed by atoms with van der Waals surface area (Å²) in [6, 6.07) is 0.866. The number of aromatic nitrogens is 1. The zero-order valence-corrected chi connectivity index (χ0v) is 9.02. The maximum Gasteiger partial charge on any atom is 0.575 e. The predicted molar refractivity (Wildman–Crippen MR) is 52.0 cm³/mol. The number of hydrogen-bond donors (Lipinski definition) is 1. The molecule has 18 heavy (non-hydrogen) atoms. The molecule has 0 aliphatic rings. The molecule has 0 saturated heterocycles. The van der Waals surface area contributed by atoms with E-state index in [1.807, 2.05) is 0 Å². The van der Waals surface area contributed by atoms with Gasteiger partial charge < -0.3 is 25.3 Å². The van der Waals surface area contributed by atoms with E-state index in [0.29, 0.717) is 0 Å². The third-order valence-electron chi connectivity index (χ3n) is 1.86. The van der Waals surface area contributed by atoms with E-state index in [9.17, 15) is 23.3 Å². The fraction of sp³-hybridized carbons (Fsp3) is 0.375. The van der Waals surface area contributed by atoms with Gasteiger partial charge in [-0.05, 0) is 4.92 Å². The molecule has 0 aliphatic heterocycles. The first-order valence-electron chi connectivity index (χ1n) is 4.46. The summed E-state index contributed by atoms with van der Waals surface area (Å²) in [7, 11) is 1.13. The van der Waals surface area contributed by atoms with Crippen molar-refractivity contribution >= 4 is 5.82 Å². The number of alkyl halides is 3. The second-order valence-corrected chi connectivity index (χ2v) is 2.98. The van der Waals surface area contributed by atoms with Crippen molar-refractivity contribution in [1.82, 2.24) is 4.98 Å². The van der Waals surface area contributed by atoms with Crippen LogP contribution in [0.1, 0.15) is 5.56 Å². The van der Waals surface area contributed by atoms with Gasteiger partial charge in [-0.2, -0.15) is 0 Å². The fourth-order valence-corrected chi connectivity index (χ4v) is 1.17. The third-order valence-corrected chi connectivity index (χ3v) is 1.86. The topological polar surface area (TPSA) is 101 Å². The minimum atomic E-state index is -5.03. The zero-order chi connectivity index (χ0) is 13.9. The van der Waals surface area contributed by atoms with Gasteiger partial charge in [0, 0.05) is 11.5 Å². The van der Waals surface area contributed by atoms with Crippen LogP contribution in [0, 0.1) is 10.1 Å². The predicted octanol–water partition coefficient (Wildman–Crippen LogP) is 1.36. The van der Waals surface area contributed by atoms with Crippen molar-refractivity contribution in [3.8, 4) is 11.6 Å². The highest BCUT2D eigenvalue weighted by atomic mass is 19.4. The Hall–Kier alpha value is -2.10. The Bertz CT molecular complexity index is 464. The highest BCUT2D eigenvalue weighted by molar-refractivity contribution is 5.46. The van der Waals surface area contributed by atoms with Crippen LogP contribution in [-0.2, 0) is 6.54 Å². The second-order valence-electron chi connectivity index (χ2n) is 2.98. The van der Waals surface area contributed by atoms with Crippen LogP contribution in [0.3, 0.4) is 0 Å². The van der Waals surface area contributed by atoms with Crippen LogP contribution in [0.4, 0.5) is 19.0 Å². The van der Waals surface area contributed by atoms with Crippen LogP contribution in [0.15, 0.2) is 6.07 Å². The van der Waals surface area contributed by atoms with Gasteiger partial charge in [0.05, 0.1) is 18.7 Å². The van der Waals surface area contributed by atoms with Gasteiger partial charge in [-0.1, -0.05) is 0 Å². The SMILES string of the molecule is COc1cc([N+](=O)[O-])nc(OC(F)(F)F)c1CN. The Morgan fingerprint density at radius 2 is 2.17 bits per heavy atom. The van der Waals surface area contributed by atoms with E-state index in [0.717, 1.165) is 13.2 Å². The molecule has 1 rings (SSSR count). The monoisotopic (exact) mass is 267 g/mol. The van der Waals surface area contributed by atoms with Gasteiger partial charge in [0.15, 0.2) is 0 Å². The van der Waals surface area contributed by atoms with Gasteiger partial charge in [-0.25, -0.2) is 0 Å². The Morgan fingerprint density at radius 3 is 2.56 bits per heavy atom. The molecule has 0 bridgehead atoms. The number of nitro groups is 1. The van der Waals surface area contributed by atoms with Gasteiger partial charge in [0.2, 0.25) is 0 Å². The van der Waals surface area contributed by atoms with E-state index in [1.165, 1.54) is 0 Å². The molecular formula is C8H8F3N3O4. The Kier molecular flexibility index (Phi) is 3.91. The molecule has 0 fully saturated rings. The lowest BCUT2D eigenvalue weighted by Gasteiger charge is -2.11. The van der Waals surface area contributed by atoms with Crippen LogP contribution in [-0.4, -0.2) is 23.4 Å². The number of pyridine rings is 1. The summed E-state index contributed by atoms with van der Waals surface area (Å²) in [5.74, 6) is -2.02. The normalized spacial score (nSPS) is 11.2. The summed E-state index contributed by atoms with van der Waals surface area (Å²) in [6.45, 7) is -0.375. The van der Waals surface area contributed by atoms with Crippen LogP contribution >= 0.6 is 0 Å². The van der Waals surface area contributed by atoms with Gasteiger partial charge in [-0.3, -0.25) is 0 Å². The third kappa shape index (κ3) is 3.20. The Balaban J connectivity index is 3.35. The molecule has 1 heterocycles. The number of halogens is 3. The fourth-order valence-electron chi connectivity index (χ4n) is 1.17. The lowest BCUT2D eigenvalue weighted by Crippen LogP contribution is -2.20. The number of hydrogen-bond acceptors (Lipinski definition) is 6. The molecular weight excluding hydrogens is 259 g/mol.